The molecule has 0 saturated carbocycles. The van der Waals surface area contributed by atoms with Crippen molar-refractivity contribution >= 4 is 33.6 Å². The van der Waals surface area contributed by atoms with Crippen LogP contribution in [0.15, 0.2) is 28.7 Å². The lowest BCUT2D eigenvalue weighted by molar-refractivity contribution is -0.140. The summed E-state index contributed by atoms with van der Waals surface area (Å²) in [7, 11) is 0. The maximum atomic E-state index is 12.0. The Kier molecular flexibility index (Phi) is 4.70. The van der Waals surface area contributed by atoms with Crippen molar-refractivity contribution < 1.29 is 9.90 Å². The number of benzene rings is 1. The molecule has 0 aliphatic carbocycles. The molecule has 2 rings (SSSR count). The Morgan fingerprint density at radius 3 is 2.72 bits per heavy atom. The van der Waals surface area contributed by atoms with Crippen molar-refractivity contribution in [2.45, 2.75) is 25.0 Å². The number of hydrogen-bond donors (Lipinski definition) is 2. The van der Waals surface area contributed by atoms with Gasteiger partial charge in [-0.2, -0.15) is 11.8 Å². The second kappa shape index (κ2) is 6.08. The Labute approximate surface area is 119 Å². The second-order valence-corrected chi connectivity index (χ2v) is 6.50. The molecule has 3 nitrogen and oxygen atoms in total. The molecule has 1 aliphatic rings. The topological polar surface area (TPSA) is 49.3 Å². The summed E-state index contributed by atoms with van der Waals surface area (Å²) in [4.78, 5) is 12.0. The summed E-state index contributed by atoms with van der Waals surface area (Å²) in [5, 5.41) is 13.1. The fourth-order valence-corrected chi connectivity index (χ4v) is 3.51. The molecule has 1 aliphatic heterocycles. The number of carbonyl (C=O) groups is 1. The second-order valence-electron chi connectivity index (χ2n) is 4.42. The Bertz CT molecular complexity index is 433. The van der Waals surface area contributed by atoms with Gasteiger partial charge in [0.2, 0.25) is 0 Å². The third-order valence-electron chi connectivity index (χ3n) is 3.14. The van der Waals surface area contributed by atoms with Gasteiger partial charge in [-0.05, 0) is 36.0 Å². The van der Waals surface area contributed by atoms with E-state index in [1.807, 2.05) is 24.3 Å². The number of amides is 1. The predicted octanol–water partition coefficient (Wildman–Crippen LogP) is 2.32. The summed E-state index contributed by atoms with van der Waals surface area (Å²) in [6.07, 6.45) is 1.08. The van der Waals surface area contributed by atoms with E-state index in [2.05, 4.69) is 21.2 Å². The van der Waals surface area contributed by atoms with Gasteiger partial charge in [0.1, 0.15) is 5.60 Å². The van der Waals surface area contributed by atoms with E-state index < -0.39 is 5.60 Å². The molecule has 1 saturated heterocycles. The molecule has 98 valence electrons. The molecule has 1 heterocycles. The van der Waals surface area contributed by atoms with Crippen molar-refractivity contribution in [3.8, 4) is 0 Å². The van der Waals surface area contributed by atoms with E-state index in [-0.39, 0.29) is 5.91 Å². The van der Waals surface area contributed by atoms with Crippen LogP contribution < -0.4 is 5.32 Å². The van der Waals surface area contributed by atoms with Gasteiger partial charge in [-0.3, -0.25) is 4.79 Å². The number of rotatable bonds is 3. The molecule has 0 atom stereocenters. The van der Waals surface area contributed by atoms with E-state index in [0.717, 1.165) is 21.5 Å². The lowest BCUT2D eigenvalue weighted by Gasteiger charge is -2.30. The highest BCUT2D eigenvalue weighted by atomic mass is 79.9. The molecule has 0 unspecified atom stereocenters. The molecule has 1 amide bonds. The van der Waals surface area contributed by atoms with Gasteiger partial charge in [0, 0.05) is 11.0 Å². The molecule has 0 radical (unpaired) electrons. The van der Waals surface area contributed by atoms with Gasteiger partial charge < -0.3 is 10.4 Å². The summed E-state index contributed by atoms with van der Waals surface area (Å²) in [6.45, 7) is 0.440. The van der Waals surface area contributed by atoms with Crippen LogP contribution in [0.1, 0.15) is 18.4 Å². The number of carbonyl (C=O) groups excluding carboxylic acids is 1. The first kappa shape index (κ1) is 13.9. The summed E-state index contributed by atoms with van der Waals surface area (Å²) < 4.78 is 0.969. The SMILES string of the molecule is O=C(NCc1ccccc1Br)C1(O)CCSCC1. The van der Waals surface area contributed by atoms with Crippen LogP contribution in [0.2, 0.25) is 0 Å². The Morgan fingerprint density at radius 2 is 2.06 bits per heavy atom. The minimum absolute atomic E-state index is 0.251. The highest BCUT2D eigenvalue weighted by Crippen LogP contribution is 2.27. The van der Waals surface area contributed by atoms with Crippen LogP contribution in [0.4, 0.5) is 0 Å². The third kappa shape index (κ3) is 3.28. The number of aliphatic hydroxyl groups is 1. The first-order valence-corrected chi connectivity index (χ1v) is 7.88. The number of hydrogen-bond acceptors (Lipinski definition) is 3. The fraction of sp³-hybridized carbons (Fsp3) is 0.462. The molecule has 0 spiro atoms. The van der Waals surface area contributed by atoms with E-state index in [4.69, 9.17) is 0 Å². The largest absolute Gasteiger partial charge is 0.380 e. The van der Waals surface area contributed by atoms with Crippen LogP contribution in [0.3, 0.4) is 0 Å². The predicted molar refractivity (Wildman–Crippen MR) is 77.5 cm³/mol. The number of thioether (sulfide) groups is 1. The van der Waals surface area contributed by atoms with Crippen molar-refractivity contribution in [1.29, 1.82) is 0 Å². The molecule has 1 aromatic rings. The highest BCUT2D eigenvalue weighted by molar-refractivity contribution is 9.10. The van der Waals surface area contributed by atoms with Gasteiger partial charge in [0.25, 0.3) is 5.91 Å². The summed E-state index contributed by atoms with van der Waals surface area (Å²) in [6, 6.07) is 7.75. The lowest BCUT2D eigenvalue weighted by Crippen LogP contribution is -2.48. The van der Waals surface area contributed by atoms with Gasteiger partial charge >= 0.3 is 0 Å². The third-order valence-corrected chi connectivity index (χ3v) is 4.90. The van der Waals surface area contributed by atoms with Crippen molar-refractivity contribution in [1.82, 2.24) is 5.32 Å². The van der Waals surface area contributed by atoms with Gasteiger partial charge in [-0.15, -0.1) is 0 Å². The van der Waals surface area contributed by atoms with E-state index in [1.165, 1.54) is 0 Å². The van der Waals surface area contributed by atoms with Crippen molar-refractivity contribution in [2.75, 3.05) is 11.5 Å². The standard InChI is InChI=1S/C13H16BrNO2S/c14-11-4-2-1-3-10(11)9-15-12(16)13(17)5-7-18-8-6-13/h1-4,17H,5-9H2,(H,15,16). The van der Waals surface area contributed by atoms with E-state index in [0.29, 0.717) is 19.4 Å². The molecule has 0 aromatic heterocycles. The first-order chi connectivity index (χ1) is 8.62. The van der Waals surface area contributed by atoms with Crippen LogP contribution in [-0.4, -0.2) is 28.1 Å². The maximum Gasteiger partial charge on any atom is 0.252 e. The van der Waals surface area contributed by atoms with Crippen LogP contribution in [0, 0.1) is 0 Å². The van der Waals surface area contributed by atoms with Gasteiger partial charge in [0.15, 0.2) is 0 Å². The Hall–Kier alpha value is -0.520. The minimum Gasteiger partial charge on any atom is -0.380 e. The lowest BCUT2D eigenvalue weighted by atomic mass is 9.96. The molecule has 2 N–H and O–H groups in total. The average Bonchev–Trinajstić information content (AvgIpc) is 2.38. The quantitative estimate of drug-likeness (QED) is 0.894. The van der Waals surface area contributed by atoms with Crippen molar-refractivity contribution in [2.24, 2.45) is 0 Å². The van der Waals surface area contributed by atoms with E-state index in [1.54, 1.807) is 11.8 Å². The zero-order valence-electron chi connectivity index (χ0n) is 9.99. The molecule has 1 aromatic carbocycles. The molecule has 1 fully saturated rings. The summed E-state index contributed by atoms with van der Waals surface area (Å²) in [5.74, 6) is 1.44. The molecule has 5 heteroatoms. The normalized spacial score (nSPS) is 18.3. The highest BCUT2D eigenvalue weighted by Gasteiger charge is 2.37. The van der Waals surface area contributed by atoms with Crippen LogP contribution >= 0.6 is 27.7 Å². The van der Waals surface area contributed by atoms with Gasteiger partial charge in [0.05, 0.1) is 0 Å². The molecule has 18 heavy (non-hydrogen) atoms. The first-order valence-electron chi connectivity index (χ1n) is 5.94. The van der Waals surface area contributed by atoms with Crippen LogP contribution in [0.5, 0.6) is 0 Å². The number of nitrogens with one attached hydrogen (secondary N) is 1. The zero-order chi connectivity index (χ0) is 13.0. The smallest absolute Gasteiger partial charge is 0.252 e. The fourth-order valence-electron chi connectivity index (χ4n) is 1.92. The Morgan fingerprint density at radius 1 is 1.39 bits per heavy atom. The average molecular weight is 330 g/mol. The monoisotopic (exact) mass is 329 g/mol. The summed E-state index contributed by atoms with van der Waals surface area (Å²) >= 11 is 5.22. The van der Waals surface area contributed by atoms with Crippen LogP contribution in [-0.2, 0) is 11.3 Å². The van der Waals surface area contributed by atoms with Crippen molar-refractivity contribution in [3.05, 3.63) is 34.3 Å². The summed E-state index contributed by atoms with van der Waals surface area (Å²) in [5.41, 5.74) is -0.161. The van der Waals surface area contributed by atoms with E-state index in [9.17, 15) is 9.90 Å². The van der Waals surface area contributed by atoms with Gasteiger partial charge in [-0.1, -0.05) is 34.1 Å². The zero-order valence-corrected chi connectivity index (χ0v) is 12.4. The number of halogens is 1. The maximum absolute atomic E-state index is 12.0. The van der Waals surface area contributed by atoms with Crippen molar-refractivity contribution in [3.63, 3.8) is 0 Å². The Balaban J connectivity index is 1.94. The minimum atomic E-state index is -1.17. The van der Waals surface area contributed by atoms with E-state index >= 15 is 0 Å². The molecular weight excluding hydrogens is 314 g/mol. The van der Waals surface area contributed by atoms with Gasteiger partial charge in [-0.25, -0.2) is 0 Å². The van der Waals surface area contributed by atoms with Crippen LogP contribution in [0.25, 0.3) is 0 Å². The molecular formula is C13H16BrNO2S. The molecule has 0 bridgehead atoms.